The molecule has 0 fully saturated rings. The molecule has 2 nitrogen and oxygen atoms in total. The average Bonchev–Trinajstić information content (AvgIpc) is 2.54. The number of nitrogens with zero attached hydrogens (tertiary/aromatic N) is 1. The second-order valence-corrected chi connectivity index (χ2v) is 6.27. The fourth-order valence-electron chi connectivity index (χ4n) is 3.00. The van der Waals surface area contributed by atoms with Gasteiger partial charge < -0.3 is 5.32 Å². The van der Waals surface area contributed by atoms with E-state index in [1.54, 1.807) is 0 Å². The van der Waals surface area contributed by atoms with Crippen molar-refractivity contribution in [3.8, 4) is 0 Å². The van der Waals surface area contributed by atoms with E-state index in [0.29, 0.717) is 6.04 Å². The number of nitrogens with one attached hydrogen (secondary N) is 1. The van der Waals surface area contributed by atoms with Crippen LogP contribution >= 0.6 is 0 Å². The summed E-state index contributed by atoms with van der Waals surface area (Å²) in [6.07, 6.45) is 6.76. The zero-order valence-corrected chi connectivity index (χ0v) is 15.2. The van der Waals surface area contributed by atoms with Gasteiger partial charge in [0, 0.05) is 12.6 Å². The molecule has 0 saturated heterocycles. The minimum absolute atomic E-state index is 0.492. The van der Waals surface area contributed by atoms with E-state index in [1.807, 2.05) is 0 Å². The topological polar surface area (TPSA) is 15.3 Å². The quantitative estimate of drug-likeness (QED) is 0.550. The molecule has 0 aliphatic rings. The molecule has 1 unspecified atom stereocenters. The Morgan fingerprint density at radius 3 is 2.14 bits per heavy atom. The zero-order chi connectivity index (χ0) is 16.2. The van der Waals surface area contributed by atoms with Crippen molar-refractivity contribution in [2.75, 3.05) is 26.2 Å². The van der Waals surface area contributed by atoms with Gasteiger partial charge in [-0.3, -0.25) is 4.90 Å². The summed E-state index contributed by atoms with van der Waals surface area (Å²) in [6.45, 7) is 13.4. The lowest BCUT2D eigenvalue weighted by molar-refractivity contribution is 0.213. The minimum Gasteiger partial charge on any atom is -0.315 e. The van der Waals surface area contributed by atoms with Gasteiger partial charge in [0.2, 0.25) is 0 Å². The maximum atomic E-state index is 3.68. The van der Waals surface area contributed by atoms with Gasteiger partial charge in [-0.15, -0.1) is 0 Å². The molecule has 0 spiro atoms. The molecular weight excluding hydrogens is 268 g/mol. The van der Waals surface area contributed by atoms with Crippen molar-refractivity contribution in [2.45, 2.75) is 65.8 Å². The first-order valence-corrected chi connectivity index (χ1v) is 9.24. The first-order valence-electron chi connectivity index (χ1n) is 9.24. The summed E-state index contributed by atoms with van der Waals surface area (Å²) in [5, 5.41) is 3.68. The average molecular weight is 305 g/mol. The van der Waals surface area contributed by atoms with Crippen LogP contribution < -0.4 is 5.32 Å². The monoisotopic (exact) mass is 304 g/mol. The highest BCUT2D eigenvalue weighted by molar-refractivity contribution is 5.24. The second-order valence-electron chi connectivity index (χ2n) is 6.27. The molecule has 0 aliphatic carbocycles. The molecule has 0 radical (unpaired) electrons. The minimum atomic E-state index is 0.492. The van der Waals surface area contributed by atoms with Crippen molar-refractivity contribution in [3.05, 3.63) is 35.4 Å². The summed E-state index contributed by atoms with van der Waals surface area (Å²) in [6, 6.07) is 9.54. The molecule has 0 heterocycles. The van der Waals surface area contributed by atoms with Gasteiger partial charge in [-0.25, -0.2) is 0 Å². The molecule has 22 heavy (non-hydrogen) atoms. The Kier molecular flexibility index (Phi) is 10.2. The first-order chi connectivity index (χ1) is 10.7. The summed E-state index contributed by atoms with van der Waals surface area (Å²) in [5.41, 5.74) is 2.78. The molecular formula is C20H36N2. The van der Waals surface area contributed by atoms with Crippen LogP contribution in [0.2, 0.25) is 0 Å². The smallest absolute Gasteiger partial charge is 0.0472 e. The third kappa shape index (κ3) is 6.93. The van der Waals surface area contributed by atoms with E-state index >= 15 is 0 Å². The first kappa shape index (κ1) is 19.2. The molecule has 0 bridgehead atoms. The van der Waals surface area contributed by atoms with Crippen LogP contribution in [0.5, 0.6) is 0 Å². The third-order valence-electron chi connectivity index (χ3n) is 4.51. The summed E-state index contributed by atoms with van der Waals surface area (Å²) in [5.74, 6) is 0. The lowest BCUT2D eigenvalue weighted by Gasteiger charge is -2.30. The summed E-state index contributed by atoms with van der Waals surface area (Å²) in [7, 11) is 0. The van der Waals surface area contributed by atoms with Crippen molar-refractivity contribution >= 4 is 0 Å². The van der Waals surface area contributed by atoms with Crippen LogP contribution in [0.25, 0.3) is 0 Å². The third-order valence-corrected chi connectivity index (χ3v) is 4.51. The van der Waals surface area contributed by atoms with Gasteiger partial charge in [-0.1, -0.05) is 76.3 Å². The number of likely N-dealkylation sites (N-methyl/N-ethyl adjacent to an activating group) is 1. The van der Waals surface area contributed by atoms with Gasteiger partial charge in [-0.05, 0) is 38.5 Å². The SMILES string of the molecule is CCCCCCCNCC(c1ccc(C)cc1)N(CC)CC. The van der Waals surface area contributed by atoms with Crippen LogP contribution in [0, 0.1) is 6.92 Å². The molecule has 1 N–H and O–H groups in total. The van der Waals surface area contributed by atoms with E-state index in [9.17, 15) is 0 Å². The van der Waals surface area contributed by atoms with Crippen LogP contribution in [0.15, 0.2) is 24.3 Å². The van der Waals surface area contributed by atoms with Crippen LogP contribution in [0.4, 0.5) is 0 Å². The molecule has 0 saturated carbocycles. The maximum Gasteiger partial charge on any atom is 0.0472 e. The number of hydrogen-bond acceptors (Lipinski definition) is 2. The molecule has 2 heteroatoms. The second kappa shape index (κ2) is 11.7. The fourth-order valence-corrected chi connectivity index (χ4v) is 3.00. The highest BCUT2D eigenvalue weighted by atomic mass is 15.2. The van der Waals surface area contributed by atoms with E-state index in [1.165, 1.54) is 43.2 Å². The summed E-state index contributed by atoms with van der Waals surface area (Å²) in [4.78, 5) is 2.55. The van der Waals surface area contributed by atoms with Crippen molar-refractivity contribution in [1.82, 2.24) is 10.2 Å². The number of rotatable bonds is 12. The van der Waals surface area contributed by atoms with Crippen LogP contribution in [-0.2, 0) is 0 Å². The van der Waals surface area contributed by atoms with Crippen LogP contribution in [-0.4, -0.2) is 31.1 Å². The molecule has 1 rings (SSSR count). The molecule has 1 atom stereocenters. The summed E-state index contributed by atoms with van der Waals surface area (Å²) < 4.78 is 0. The standard InChI is InChI=1S/C20H36N2/c1-5-8-9-10-11-16-21-17-20(22(6-2)7-3)19-14-12-18(4)13-15-19/h12-15,20-21H,5-11,16-17H2,1-4H3. The van der Waals surface area contributed by atoms with Crippen molar-refractivity contribution in [3.63, 3.8) is 0 Å². The molecule has 126 valence electrons. The Labute approximate surface area is 138 Å². The number of unbranched alkanes of at least 4 members (excludes halogenated alkanes) is 4. The predicted octanol–water partition coefficient (Wildman–Crippen LogP) is 4.94. The Hall–Kier alpha value is -0.860. The lowest BCUT2D eigenvalue weighted by Crippen LogP contribution is -2.36. The summed E-state index contributed by atoms with van der Waals surface area (Å²) >= 11 is 0. The molecule has 0 aromatic heterocycles. The Balaban J connectivity index is 2.47. The van der Waals surface area contributed by atoms with Gasteiger partial charge in [0.25, 0.3) is 0 Å². The fraction of sp³-hybridized carbons (Fsp3) is 0.700. The highest BCUT2D eigenvalue weighted by Gasteiger charge is 2.17. The van der Waals surface area contributed by atoms with E-state index in [-0.39, 0.29) is 0 Å². The van der Waals surface area contributed by atoms with Gasteiger partial charge >= 0.3 is 0 Å². The van der Waals surface area contributed by atoms with Crippen LogP contribution in [0.3, 0.4) is 0 Å². The Morgan fingerprint density at radius 1 is 0.909 bits per heavy atom. The zero-order valence-electron chi connectivity index (χ0n) is 15.2. The van der Waals surface area contributed by atoms with Gasteiger partial charge in [0.1, 0.15) is 0 Å². The number of hydrogen-bond donors (Lipinski definition) is 1. The van der Waals surface area contributed by atoms with E-state index in [4.69, 9.17) is 0 Å². The predicted molar refractivity (Wildman–Crippen MR) is 98.5 cm³/mol. The van der Waals surface area contributed by atoms with E-state index in [2.05, 4.69) is 62.2 Å². The van der Waals surface area contributed by atoms with Crippen molar-refractivity contribution in [2.24, 2.45) is 0 Å². The van der Waals surface area contributed by atoms with Crippen LogP contribution in [0.1, 0.15) is 70.0 Å². The van der Waals surface area contributed by atoms with Crippen molar-refractivity contribution < 1.29 is 0 Å². The maximum absolute atomic E-state index is 3.68. The molecule has 0 amide bonds. The Bertz CT molecular complexity index is 368. The van der Waals surface area contributed by atoms with Gasteiger partial charge in [-0.2, -0.15) is 0 Å². The molecule has 1 aromatic carbocycles. The van der Waals surface area contributed by atoms with E-state index in [0.717, 1.165) is 26.2 Å². The largest absolute Gasteiger partial charge is 0.315 e. The highest BCUT2D eigenvalue weighted by Crippen LogP contribution is 2.20. The lowest BCUT2D eigenvalue weighted by atomic mass is 10.0. The number of benzene rings is 1. The van der Waals surface area contributed by atoms with E-state index < -0.39 is 0 Å². The number of aryl methyl sites for hydroxylation is 1. The van der Waals surface area contributed by atoms with Gasteiger partial charge in [0.05, 0.1) is 0 Å². The normalized spacial score (nSPS) is 12.8. The molecule has 0 aliphatic heterocycles. The van der Waals surface area contributed by atoms with Crippen molar-refractivity contribution in [1.29, 1.82) is 0 Å². The van der Waals surface area contributed by atoms with Gasteiger partial charge in [0.15, 0.2) is 0 Å². The Morgan fingerprint density at radius 2 is 1.55 bits per heavy atom. The molecule has 1 aromatic rings.